The van der Waals surface area contributed by atoms with Crippen molar-refractivity contribution in [1.29, 1.82) is 0 Å². The van der Waals surface area contributed by atoms with Crippen LogP contribution in [0.1, 0.15) is 38.8 Å². The molecule has 3 aromatic carbocycles. The van der Waals surface area contributed by atoms with E-state index in [1.54, 1.807) is 13.8 Å². The summed E-state index contributed by atoms with van der Waals surface area (Å²) in [6.45, 7) is 7.91. The highest BCUT2D eigenvalue weighted by molar-refractivity contribution is 6.13. The summed E-state index contributed by atoms with van der Waals surface area (Å²) in [5.74, 6) is 0.787. The molecule has 6 nitrogen and oxygen atoms in total. The van der Waals surface area contributed by atoms with Gasteiger partial charge in [-0.1, -0.05) is 44.2 Å². The fourth-order valence-corrected chi connectivity index (χ4v) is 3.51. The number of carbonyl (C=O) groups excluding carboxylic acids is 2. The lowest BCUT2D eigenvalue weighted by molar-refractivity contribution is 0.103. The molecule has 0 spiro atoms. The zero-order chi connectivity index (χ0) is 21.7. The highest BCUT2D eigenvalue weighted by Gasteiger charge is 2.23. The van der Waals surface area contributed by atoms with E-state index in [0.717, 1.165) is 17.5 Å². The van der Waals surface area contributed by atoms with Crippen LogP contribution >= 0.6 is 0 Å². The SMILES string of the molecule is CCOC(=O)Oc1c2cc(CC)ccc2c(OC(=O)OCC)c2c(CC)cccc12. The molecule has 0 saturated carbocycles. The molecule has 0 bridgehead atoms. The molecule has 0 aromatic heterocycles. The van der Waals surface area contributed by atoms with Gasteiger partial charge in [-0.3, -0.25) is 0 Å². The maximum Gasteiger partial charge on any atom is 0.513 e. The molecular formula is C24H26O6. The third kappa shape index (κ3) is 4.17. The summed E-state index contributed by atoms with van der Waals surface area (Å²) in [6, 6.07) is 11.5. The van der Waals surface area contributed by atoms with Crippen LogP contribution in [0.2, 0.25) is 0 Å². The third-order valence-electron chi connectivity index (χ3n) is 4.88. The fourth-order valence-electron chi connectivity index (χ4n) is 3.51. The summed E-state index contributed by atoms with van der Waals surface area (Å²) >= 11 is 0. The molecule has 0 atom stereocenters. The molecule has 0 aliphatic carbocycles. The van der Waals surface area contributed by atoms with Crippen molar-refractivity contribution in [1.82, 2.24) is 0 Å². The number of rotatable bonds is 6. The Morgan fingerprint density at radius 3 is 2.00 bits per heavy atom. The Labute approximate surface area is 175 Å². The van der Waals surface area contributed by atoms with Gasteiger partial charge in [0.25, 0.3) is 0 Å². The topological polar surface area (TPSA) is 71.1 Å². The Hall–Kier alpha value is -3.28. The number of carbonyl (C=O) groups is 2. The molecule has 0 amide bonds. The molecular weight excluding hydrogens is 384 g/mol. The molecule has 3 rings (SSSR count). The maximum atomic E-state index is 12.2. The predicted octanol–water partition coefficient (Wildman–Crippen LogP) is 6.19. The molecule has 6 heteroatoms. The standard InChI is InChI=1S/C24H26O6/c1-5-15-12-13-17-19(14-15)21(29-23(25)27-7-3)18-11-9-10-16(6-2)20(18)22(17)30-24(26)28-8-4/h9-14H,5-8H2,1-4H3. The van der Waals surface area contributed by atoms with Crippen molar-refractivity contribution in [3.05, 3.63) is 47.5 Å². The van der Waals surface area contributed by atoms with Gasteiger partial charge in [0, 0.05) is 21.5 Å². The second-order valence-corrected chi connectivity index (χ2v) is 6.66. The van der Waals surface area contributed by atoms with Crippen LogP contribution in [-0.4, -0.2) is 25.5 Å². The number of hydrogen-bond donors (Lipinski definition) is 0. The van der Waals surface area contributed by atoms with Crippen molar-refractivity contribution >= 4 is 33.9 Å². The van der Waals surface area contributed by atoms with Crippen LogP contribution in [0.4, 0.5) is 9.59 Å². The Morgan fingerprint density at radius 1 is 0.733 bits per heavy atom. The van der Waals surface area contributed by atoms with E-state index < -0.39 is 12.3 Å². The number of benzene rings is 3. The van der Waals surface area contributed by atoms with Crippen LogP contribution in [0.25, 0.3) is 21.5 Å². The lowest BCUT2D eigenvalue weighted by Crippen LogP contribution is -2.13. The van der Waals surface area contributed by atoms with Crippen molar-refractivity contribution in [3.63, 3.8) is 0 Å². The summed E-state index contributed by atoms with van der Waals surface area (Å²) in [4.78, 5) is 24.4. The van der Waals surface area contributed by atoms with Gasteiger partial charge in [0.15, 0.2) is 5.75 Å². The van der Waals surface area contributed by atoms with Gasteiger partial charge in [0.05, 0.1) is 13.2 Å². The summed E-state index contributed by atoms with van der Waals surface area (Å²) in [6.07, 6.45) is -0.0447. The molecule has 0 unspecified atom stereocenters. The molecule has 3 aromatic rings. The second-order valence-electron chi connectivity index (χ2n) is 6.66. The van der Waals surface area contributed by atoms with Gasteiger partial charge >= 0.3 is 12.3 Å². The van der Waals surface area contributed by atoms with Crippen molar-refractivity contribution < 1.29 is 28.5 Å². The van der Waals surface area contributed by atoms with E-state index in [4.69, 9.17) is 18.9 Å². The fraction of sp³-hybridized carbons (Fsp3) is 0.333. The van der Waals surface area contributed by atoms with Crippen molar-refractivity contribution in [2.24, 2.45) is 0 Å². The normalized spacial score (nSPS) is 10.8. The minimum absolute atomic E-state index is 0.208. The van der Waals surface area contributed by atoms with E-state index in [-0.39, 0.29) is 13.2 Å². The monoisotopic (exact) mass is 410 g/mol. The molecule has 0 radical (unpaired) electrons. The van der Waals surface area contributed by atoms with Crippen molar-refractivity contribution in [2.45, 2.75) is 40.5 Å². The number of hydrogen-bond acceptors (Lipinski definition) is 6. The van der Waals surface area contributed by atoms with Gasteiger partial charge < -0.3 is 18.9 Å². The lowest BCUT2D eigenvalue weighted by atomic mass is 9.94. The smallest absolute Gasteiger partial charge is 0.434 e. The minimum atomic E-state index is -0.775. The van der Waals surface area contributed by atoms with E-state index in [1.807, 2.05) is 50.2 Å². The van der Waals surface area contributed by atoms with E-state index in [2.05, 4.69) is 0 Å². The second kappa shape index (κ2) is 9.48. The van der Waals surface area contributed by atoms with Crippen LogP contribution in [0.5, 0.6) is 11.5 Å². The minimum Gasteiger partial charge on any atom is -0.434 e. The van der Waals surface area contributed by atoms with E-state index in [0.29, 0.717) is 39.5 Å². The predicted molar refractivity (Wildman–Crippen MR) is 116 cm³/mol. The van der Waals surface area contributed by atoms with Gasteiger partial charge in [-0.15, -0.1) is 0 Å². The Morgan fingerprint density at radius 2 is 1.40 bits per heavy atom. The average Bonchev–Trinajstić information content (AvgIpc) is 2.75. The van der Waals surface area contributed by atoms with Crippen LogP contribution in [0.3, 0.4) is 0 Å². The van der Waals surface area contributed by atoms with Gasteiger partial charge in [0.2, 0.25) is 0 Å². The molecule has 0 saturated heterocycles. The number of ether oxygens (including phenoxy) is 4. The summed E-state index contributed by atoms with van der Waals surface area (Å²) in [5.41, 5.74) is 2.02. The summed E-state index contributed by atoms with van der Waals surface area (Å²) in [7, 11) is 0. The molecule has 0 aliphatic heterocycles. The largest absolute Gasteiger partial charge is 0.513 e. The Bertz CT molecular complexity index is 1080. The zero-order valence-electron chi connectivity index (χ0n) is 17.7. The highest BCUT2D eigenvalue weighted by atomic mass is 16.7. The number of aryl methyl sites for hydroxylation is 2. The van der Waals surface area contributed by atoms with Crippen molar-refractivity contribution in [2.75, 3.05) is 13.2 Å². The molecule has 30 heavy (non-hydrogen) atoms. The molecule has 0 aliphatic rings. The summed E-state index contributed by atoms with van der Waals surface area (Å²) in [5, 5.41) is 2.71. The van der Waals surface area contributed by atoms with Crippen LogP contribution in [-0.2, 0) is 22.3 Å². The third-order valence-corrected chi connectivity index (χ3v) is 4.88. The highest BCUT2D eigenvalue weighted by Crippen LogP contribution is 2.45. The van der Waals surface area contributed by atoms with E-state index in [1.165, 1.54) is 0 Å². The Balaban J connectivity index is 2.39. The molecule has 0 heterocycles. The van der Waals surface area contributed by atoms with Crippen LogP contribution in [0, 0.1) is 0 Å². The first-order valence-corrected chi connectivity index (χ1v) is 10.2. The van der Waals surface area contributed by atoms with Crippen LogP contribution < -0.4 is 9.47 Å². The van der Waals surface area contributed by atoms with E-state index >= 15 is 0 Å². The first kappa shape index (κ1) is 21.4. The zero-order valence-corrected chi connectivity index (χ0v) is 17.7. The lowest BCUT2D eigenvalue weighted by Gasteiger charge is -2.18. The van der Waals surface area contributed by atoms with Crippen LogP contribution in [0.15, 0.2) is 36.4 Å². The maximum absolute atomic E-state index is 12.2. The van der Waals surface area contributed by atoms with E-state index in [9.17, 15) is 9.59 Å². The van der Waals surface area contributed by atoms with Gasteiger partial charge in [-0.2, -0.15) is 0 Å². The van der Waals surface area contributed by atoms with Gasteiger partial charge in [0.1, 0.15) is 5.75 Å². The van der Waals surface area contributed by atoms with Gasteiger partial charge in [-0.05, 0) is 43.9 Å². The van der Waals surface area contributed by atoms with Crippen molar-refractivity contribution in [3.8, 4) is 11.5 Å². The average molecular weight is 410 g/mol. The molecule has 0 fully saturated rings. The van der Waals surface area contributed by atoms with Gasteiger partial charge in [-0.25, -0.2) is 9.59 Å². The molecule has 158 valence electrons. The number of fused-ring (bicyclic) bond motifs is 2. The quantitative estimate of drug-likeness (QED) is 0.274. The Kier molecular flexibility index (Phi) is 6.77. The summed E-state index contributed by atoms with van der Waals surface area (Å²) < 4.78 is 21.4. The first-order valence-electron chi connectivity index (χ1n) is 10.2. The molecule has 0 N–H and O–H groups in total. The first-order chi connectivity index (χ1) is 14.5.